The second kappa shape index (κ2) is 7.29. The van der Waals surface area contributed by atoms with Gasteiger partial charge in [-0.3, -0.25) is 4.90 Å². The second-order valence-corrected chi connectivity index (χ2v) is 4.52. The Bertz CT molecular complexity index is 258. The molecule has 5 nitrogen and oxygen atoms in total. The van der Waals surface area contributed by atoms with E-state index in [1.54, 1.807) is 0 Å². The minimum atomic E-state index is -0.292. The molecule has 1 rings (SSSR count). The van der Waals surface area contributed by atoms with Crippen molar-refractivity contribution in [2.24, 2.45) is 0 Å². The summed E-state index contributed by atoms with van der Waals surface area (Å²) in [5, 5.41) is 0. The van der Waals surface area contributed by atoms with Gasteiger partial charge in [-0.05, 0) is 14.1 Å². The van der Waals surface area contributed by atoms with Gasteiger partial charge in [-0.25, -0.2) is 4.79 Å². The van der Waals surface area contributed by atoms with Crippen LogP contribution in [0.3, 0.4) is 0 Å². The van der Waals surface area contributed by atoms with Gasteiger partial charge in [0.2, 0.25) is 0 Å². The van der Waals surface area contributed by atoms with Crippen LogP contribution in [0.4, 0.5) is 0 Å². The summed E-state index contributed by atoms with van der Waals surface area (Å²) in [6.07, 6.45) is 3.31. The molecule has 1 saturated heterocycles. The van der Waals surface area contributed by atoms with Crippen LogP contribution in [-0.2, 0) is 9.53 Å². The first-order valence-corrected chi connectivity index (χ1v) is 5.99. The fraction of sp³-hybridized carbons (Fsp3) is 0.750. The van der Waals surface area contributed by atoms with Crippen LogP contribution in [0.15, 0.2) is 12.3 Å². The summed E-state index contributed by atoms with van der Waals surface area (Å²) in [4.78, 5) is 17.7. The van der Waals surface area contributed by atoms with E-state index in [-0.39, 0.29) is 5.97 Å². The number of ether oxygens (including phenoxy) is 1. The first-order valence-electron chi connectivity index (χ1n) is 5.99. The zero-order chi connectivity index (χ0) is 12.7. The molecule has 0 spiro atoms. The molecule has 1 heterocycles. The van der Waals surface area contributed by atoms with Gasteiger partial charge in [-0.2, -0.15) is 0 Å². The molecule has 0 unspecified atom stereocenters. The Morgan fingerprint density at radius 3 is 2.47 bits per heavy atom. The lowest BCUT2D eigenvalue weighted by Gasteiger charge is -2.34. The van der Waals surface area contributed by atoms with Crippen molar-refractivity contribution in [2.75, 3.05) is 60.5 Å². The number of methoxy groups -OCH3 is 1. The van der Waals surface area contributed by atoms with Crippen molar-refractivity contribution < 1.29 is 9.53 Å². The van der Waals surface area contributed by atoms with E-state index in [2.05, 4.69) is 33.5 Å². The standard InChI is InChI=1S/C12H23N3O2/c1-13(2)6-7-15-10-8-14(9-11-15)5-4-12(16)17-3/h4-5H,6-11H2,1-3H3. The molecule has 0 aromatic heterocycles. The van der Waals surface area contributed by atoms with E-state index in [4.69, 9.17) is 0 Å². The monoisotopic (exact) mass is 241 g/mol. The predicted molar refractivity (Wildman–Crippen MR) is 67.7 cm³/mol. The number of likely N-dealkylation sites (N-methyl/N-ethyl adjacent to an activating group) is 1. The molecule has 17 heavy (non-hydrogen) atoms. The summed E-state index contributed by atoms with van der Waals surface area (Å²) < 4.78 is 4.56. The quantitative estimate of drug-likeness (QED) is 0.494. The highest BCUT2D eigenvalue weighted by Gasteiger charge is 2.14. The second-order valence-electron chi connectivity index (χ2n) is 4.52. The molecule has 0 aliphatic carbocycles. The molecule has 0 amide bonds. The average molecular weight is 241 g/mol. The zero-order valence-corrected chi connectivity index (χ0v) is 11.1. The summed E-state index contributed by atoms with van der Waals surface area (Å²) in [5.74, 6) is -0.292. The van der Waals surface area contributed by atoms with E-state index in [0.717, 1.165) is 39.3 Å². The molecule has 0 aromatic carbocycles. The van der Waals surface area contributed by atoms with Gasteiger partial charge in [-0.15, -0.1) is 0 Å². The SMILES string of the molecule is COC(=O)C=CN1CCN(CCN(C)C)CC1. The van der Waals surface area contributed by atoms with Gasteiger partial charge in [0.25, 0.3) is 0 Å². The molecular weight excluding hydrogens is 218 g/mol. The molecule has 98 valence electrons. The van der Waals surface area contributed by atoms with E-state index in [1.165, 1.54) is 13.2 Å². The maximum Gasteiger partial charge on any atom is 0.331 e. The van der Waals surface area contributed by atoms with Crippen molar-refractivity contribution in [3.8, 4) is 0 Å². The number of hydrogen-bond acceptors (Lipinski definition) is 5. The Morgan fingerprint density at radius 2 is 1.94 bits per heavy atom. The molecule has 0 aromatic rings. The summed E-state index contributed by atoms with van der Waals surface area (Å²) in [6, 6.07) is 0. The Balaban J connectivity index is 2.21. The van der Waals surface area contributed by atoms with Crippen molar-refractivity contribution >= 4 is 5.97 Å². The van der Waals surface area contributed by atoms with Crippen molar-refractivity contribution in [1.82, 2.24) is 14.7 Å². The summed E-state index contributed by atoms with van der Waals surface area (Å²) >= 11 is 0. The summed E-state index contributed by atoms with van der Waals surface area (Å²) in [5.41, 5.74) is 0. The highest BCUT2D eigenvalue weighted by molar-refractivity contribution is 5.81. The van der Waals surface area contributed by atoms with Gasteiger partial charge < -0.3 is 14.5 Å². The molecule has 0 bridgehead atoms. The number of carbonyl (C=O) groups excluding carboxylic acids is 1. The van der Waals surface area contributed by atoms with Gasteiger partial charge in [0, 0.05) is 51.5 Å². The maximum atomic E-state index is 10.9. The van der Waals surface area contributed by atoms with Crippen LogP contribution >= 0.6 is 0 Å². The molecule has 1 fully saturated rings. The topological polar surface area (TPSA) is 36.0 Å². The largest absolute Gasteiger partial charge is 0.466 e. The van der Waals surface area contributed by atoms with Crippen LogP contribution in [0.2, 0.25) is 0 Å². The fourth-order valence-electron chi connectivity index (χ4n) is 1.71. The summed E-state index contributed by atoms with van der Waals surface area (Å²) in [6.45, 7) is 6.26. The van der Waals surface area contributed by atoms with Crippen LogP contribution < -0.4 is 0 Å². The number of rotatable bonds is 5. The van der Waals surface area contributed by atoms with Crippen LogP contribution in [0, 0.1) is 0 Å². The highest BCUT2D eigenvalue weighted by atomic mass is 16.5. The average Bonchev–Trinajstić information content (AvgIpc) is 2.34. The van der Waals surface area contributed by atoms with Crippen molar-refractivity contribution in [3.63, 3.8) is 0 Å². The van der Waals surface area contributed by atoms with Gasteiger partial charge in [0.05, 0.1) is 7.11 Å². The maximum absolute atomic E-state index is 10.9. The lowest BCUT2D eigenvalue weighted by molar-refractivity contribution is -0.134. The van der Waals surface area contributed by atoms with Gasteiger partial charge in [0.15, 0.2) is 0 Å². The Labute approximate surface area is 104 Å². The number of nitrogens with zero attached hydrogens (tertiary/aromatic N) is 3. The van der Waals surface area contributed by atoms with E-state index < -0.39 is 0 Å². The van der Waals surface area contributed by atoms with Crippen LogP contribution in [-0.4, -0.2) is 81.1 Å². The van der Waals surface area contributed by atoms with E-state index in [0.29, 0.717) is 0 Å². The number of esters is 1. The van der Waals surface area contributed by atoms with Gasteiger partial charge in [0.1, 0.15) is 0 Å². The van der Waals surface area contributed by atoms with E-state index in [1.807, 2.05) is 6.20 Å². The molecule has 0 N–H and O–H groups in total. The molecular formula is C12H23N3O2. The first-order chi connectivity index (χ1) is 8.11. The minimum Gasteiger partial charge on any atom is -0.466 e. The van der Waals surface area contributed by atoms with Crippen molar-refractivity contribution in [3.05, 3.63) is 12.3 Å². The number of piperazine rings is 1. The lowest BCUT2D eigenvalue weighted by Crippen LogP contribution is -2.46. The van der Waals surface area contributed by atoms with Gasteiger partial charge >= 0.3 is 5.97 Å². The third-order valence-electron chi connectivity index (χ3n) is 2.89. The minimum absolute atomic E-state index is 0.292. The fourth-order valence-corrected chi connectivity index (χ4v) is 1.71. The third kappa shape index (κ3) is 5.70. The first kappa shape index (κ1) is 14.0. The molecule has 1 aliphatic heterocycles. The predicted octanol–water partition coefficient (Wildman–Crippen LogP) is -0.148. The van der Waals surface area contributed by atoms with Crippen LogP contribution in [0.5, 0.6) is 0 Å². The number of carbonyl (C=O) groups is 1. The normalized spacial score (nSPS) is 18.0. The van der Waals surface area contributed by atoms with E-state index in [9.17, 15) is 4.79 Å². The highest BCUT2D eigenvalue weighted by Crippen LogP contribution is 2.02. The Hall–Kier alpha value is -1.07. The van der Waals surface area contributed by atoms with E-state index >= 15 is 0 Å². The third-order valence-corrected chi connectivity index (χ3v) is 2.89. The number of hydrogen-bond donors (Lipinski definition) is 0. The van der Waals surface area contributed by atoms with Gasteiger partial charge in [-0.1, -0.05) is 0 Å². The molecule has 0 saturated carbocycles. The van der Waals surface area contributed by atoms with Crippen molar-refractivity contribution in [2.45, 2.75) is 0 Å². The molecule has 0 atom stereocenters. The lowest BCUT2D eigenvalue weighted by atomic mass is 10.3. The molecule has 0 radical (unpaired) electrons. The molecule has 1 aliphatic rings. The smallest absolute Gasteiger partial charge is 0.331 e. The Morgan fingerprint density at radius 1 is 1.29 bits per heavy atom. The van der Waals surface area contributed by atoms with Crippen LogP contribution in [0.25, 0.3) is 0 Å². The van der Waals surface area contributed by atoms with Crippen LogP contribution in [0.1, 0.15) is 0 Å². The Kier molecular flexibility index (Phi) is 6.00. The summed E-state index contributed by atoms with van der Waals surface area (Å²) in [7, 11) is 5.58. The van der Waals surface area contributed by atoms with Crippen molar-refractivity contribution in [1.29, 1.82) is 0 Å². The molecule has 5 heteroatoms. The zero-order valence-electron chi connectivity index (χ0n) is 11.1.